The summed E-state index contributed by atoms with van der Waals surface area (Å²) in [4.78, 5) is 43.6. The van der Waals surface area contributed by atoms with Crippen LogP contribution in [-0.2, 0) is 9.59 Å². The van der Waals surface area contributed by atoms with Crippen molar-refractivity contribution in [1.82, 2.24) is 15.8 Å². The van der Waals surface area contributed by atoms with Crippen LogP contribution in [0.25, 0.3) is 10.9 Å². The van der Waals surface area contributed by atoms with Crippen LogP contribution in [0.2, 0.25) is 0 Å². The number of carbonyl (C=O) groups is 3. The van der Waals surface area contributed by atoms with Gasteiger partial charge in [0.1, 0.15) is 6.04 Å². The van der Waals surface area contributed by atoms with Crippen LogP contribution in [0.4, 0.5) is 11.4 Å². The molecule has 1 heterocycles. The maximum atomic E-state index is 13.2. The Morgan fingerprint density at radius 3 is 2.51 bits per heavy atom. The van der Waals surface area contributed by atoms with Crippen LogP contribution in [-0.4, -0.2) is 59.6 Å². The molecule has 3 aromatic rings. The van der Waals surface area contributed by atoms with Crippen molar-refractivity contribution in [2.24, 2.45) is 0 Å². The van der Waals surface area contributed by atoms with Gasteiger partial charge in [-0.15, -0.1) is 0 Å². The Morgan fingerprint density at radius 1 is 1.06 bits per heavy atom. The molecule has 0 radical (unpaired) electrons. The highest BCUT2D eigenvalue weighted by Crippen LogP contribution is 2.21. The molecule has 0 fully saturated rings. The molecule has 9 nitrogen and oxygen atoms in total. The van der Waals surface area contributed by atoms with Crippen molar-refractivity contribution in [2.75, 3.05) is 35.8 Å². The Kier molecular flexibility index (Phi) is 9.45. The molecule has 3 amide bonds. The summed E-state index contributed by atoms with van der Waals surface area (Å²) in [5.74, 6) is -0.279. The first-order valence-corrected chi connectivity index (χ1v) is 12.3. The van der Waals surface area contributed by atoms with Crippen molar-refractivity contribution in [3.05, 3.63) is 66.4 Å². The Labute approximate surface area is 208 Å². The van der Waals surface area contributed by atoms with Gasteiger partial charge in [0.2, 0.25) is 11.8 Å². The van der Waals surface area contributed by atoms with E-state index < -0.39 is 11.9 Å². The maximum Gasteiger partial charge on any atom is 0.251 e. The minimum atomic E-state index is -0.813. The van der Waals surface area contributed by atoms with Crippen molar-refractivity contribution in [3.63, 3.8) is 0 Å². The number of amides is 3. The number of pyridine rings is 1. The van der Waals surface area contributed by atoms with Crippen LogP contribution in [0.5, 0.6) is 0 Å². The van der Waals surface area contributed by atoms with Gasteiger partial charge in [-0.1, -0.05) is 18.2 Å². The van der Waals surface area contributed by atoms with E-state index in [-0.39, 0.29) is 18.2 Å². The molecule has 1 atom stereocenters. The summed E-state index contributed by atoms with van der Waals surface area (Å²) in [6.07, 6.45) is 2.36. The van der Waals surface area contributed by atoms with E-state index in [9.17, 15) is 14.4 Å². The fraction of sp³-hybridized carbons (Fsp3) is 0.280. The molecule has 0 bridgehead atoms. The number of aromatic nitrogens is 1. The van der Waals surface area contributed by atoms with E-state index in [4.69, 9.17) is 5.21 Å². The summed E-state index contributed by atoms with van der Waals surface area (Å²) in [7, 11) is 3.83. The summed E-state index contributed by atoms with van der Waals surface area (Å²) in [5.41, 5.74) is 4.24. The summed E-state index contributed by atoms with van der Waals surface area (Å²) in [6.45, 7) is 0. The quantitative estimate of drug-likeness (QED) is 0.183. The number of nitrogens with zero attached hydrogens (tertiary/aromatic N) is 2. The molecule has 2 aromatic carbocycles. The van der Waals surface area contributed by atoms with E-state index >= 15 is 0 Å². The first kappa shape index (κ1) is 26.0. The van der Waals surface area contributed by atoms with Crippen molar-refractivity contribution >= 4 is 51.8 Å². The van der Waals surface area contributed by atoms with Gasteiger partial charge in [-0.3, -0.25) is 24.6 Å². The van der Waals surface area contributed by atoms with Gasteiger partial charge in [0.15, 0.2) is 0 Å². The molecule has 10 heteroatoms. The fourth-order valence-electron chi connectivity index (χ4n) is 3.35. The number of thioether (sulfide) groups is 1. The van der Waals surface area contributed by atoms with E-state index in [1.807, 2.05) is 55.4 Å². The van der Waals surface area contributed by atoms with Crippen LogP contribution in [0.15, 0.2) is 60.8 Å². The number of hydroxylamine groups is 1. The van der Waals surface area contributed by atoms with E-state index in [0.717, 1.165) is 11.1 Å². The molecule has 0 aliphatic carbocycles. The smallest absolute Gasteiger partial charge is 0.251 e. The molecule has 0 spiro atoms. The highest BCUT2D eigenvalue weighted by molar-refractivity contribution is 7.99. The number of carbonyl (C=O) groups excluding carboxylic acids is 3. The second-order valence-electron chi connectivity index (χ2n) is 8.05. The van der Waals surface area contributed by atoms with Gasteiger partial charge in [0, 0.05) is 49.1 Å². The highest BCUT2D eigenvalue weighted by atomic mass is 32.2. The molecule has 1 aromatic heterocycles. The number of benzene rings is 2. The predicted molar refractivity (Wildman–Crippen MR) is 139 cm³/mol. The first-order chi connectivity index (χ1) is 16.9. The minimum Gasteiger partial charge on any atom is -0.378 e. The minimum absolute atomic E-state index is 0.173. The lowest BCUT2D eigenvalue weighted by molar-refractivity contribution is -0.129. The van der Waals surface area contributed by atoms with Gasteiger partial charge in [-0.2, -0.15) is 11.8 Å². The van der Waals surface area contributed by atoms with E-state index in [0.29, 0.717) is 34.7 Å². The van der Waals surface area contributed by atoms with E-state index in [2.05, 4.69) is 15.6 Å². The van der Waals surface area contributed by atoms with Gasteiger partial charge < -0.3 is 15.5 Å². The highest BCUT2D eigenvalue weighted by Gasteiger charge is 2.22. The van der Waals surface area contributed by atoms with Crippen LogP contribution in [0.3, 0.4) is 0 Å². The van der Waals surface area contributed by atoms with Gasteiger partial charge in [-0.05, 0) is 48.6 Å². The van der Waals surface area contributed by atoms with Gasteiger partial charge in [-0.25, -0.2) is 5.48 Å². The number of para-hydroxylation sites is 1. The van der Waals surface area contributed by atoms with Crippen molar-refractivity contribution in [1.29, 1.82) is 0 Å². The summed E-state index contributed by atoms with van der Waals surface area (Å²) < 4.78 is 0. The number of hydrogen-bond donors (Lipinski definition) is 4. The lowest BCUT2D eigenvalue weighted by atomic mass is 10.1. The summed E-state index contributed by atoms with van der Waals surface area (Å²) >= 11 is 1.44. The SMILES string of the molecule is CN(C)c1ccc(C(=O)N[C@@H](CSCCCC(=O)NO)C(=O)Nc2cccc3cccnc23)cc1. The topological polar surface area (TPSA) is 124 Å². The summed E-state index contributed by atoms with van der Waals surface area (Å²) in [6, 6.07) is 15.6. The zero-order chi connectivity index (χ0) is 25.2. The van der Waals surface area contributed by atoms with Crippen molar-refractivity contribution in [2.45, 2.75) is 18.9 Å². The van der Waals surface area contributed by atoms with Crippen LogP contribution in [0, 0.1) is 0 Å². The third-order valence-electron chi connectivity index (χ3n) is 5.26. The Balaban J connectivity index is 1.71. The average molecular weight is 496 g/mol. The molecular weight excluding hydrogens is 466 g/mol. The van der Waals surface area contributed by atoms with E-state index in [1.165, 1.54) is 11.8 Å². The monoisotopic (exact) mass is 495 g/mol. The van der Waals surface area contributed by atoms with Gasteiger partial charge in [0.25, 0.3) is 5.91 Å². The second kappa shape index (κ2) is 12.7. The largest absolute Gasteiger partial charge is 0.378 e. The third-order valence-corrected chi connectivity index (χ3v) is 6.41. The zero-order valence-corrected chi connectivity index (χ0v) is 20.5. The lowest BCUT2D eigenvalue weighted by Crippen LogP contribution is -2.45. The van der Waals surface area contributed by atoms with Crippen LogP contribution < -0.4 is 21.0 Å². The predicted octanol–water partition coefficient (Wildman–Crippen LogP) is 3.06. The molecule has 3 rings (SSSR count). The number of fused-ring (bicyclic) bond motifs is 1. The molecule has 0 aliphatic heterocycles. The molecular formula is C25H29N5O4S. The molecule has 35 heavy (non-hydrogen) atoms. The maximum absolute atomic E-state index is 13.2. The molecule has 0 saturated heterocycles. The molecule has 0 saturated carbocycles. The third kappa shape index (κ3) is 7.43. The molecule has 0 unspecified atom stereocenters. The normalized spacial score (nSPS) is 11.5. The van der Waals surface area contributed by atoms with Crippen LogP contribution in [0.1, 0.15) is 23.2 Å². The average Bonchev–Trinajstić information content (AvgIpc) is 2.87. The fourth-order valence-corrected chi connectivity index (χ4v) is 4.34. The Morgan fingerprint density at radius 2 is 1.80 bits per heavy atom. The Bertz CT molecular complexity index is 1160. The molecule has 0 aliphatic rings. The second-order valence-corrected chi connectivity index (χ2v) is 9.20. The Hall–Kier alpha value is -3.63. The zero-order valence-electron chi connectivity index (χ0n) is 19.7. The van der Waals surface area contributed by atoms with E-state index in [1.54, 1.807) is 29.9 Å². The van der Waals surface area contributed by atoms with Crippen molar-refractivity contribution in [3.8, 4) is 0 Å². The standard InChI is InChI=1S/C25H29N5O4S/c1-30(2)19-12-10-18(11-13-19)24(32)28-21(16-35-15-5-9-22(31)29-34)25(33)27-20-8-3-6-17-7-4-14-26-23(17)20/h3-4,6-8,10-14,21,34H,5,9,15-16H2,1-2H3,(H,27,33)(H,28,32)(H,29,31)/t21-/m0/s1. The van der Waals surface area contributed by atoms with Crippen molar-refractivity contribution < 1.29 is 19.6 Å². The number of anilines is 2. The van der Waals surface area contributed by atoms with Crippen LogP contribution >= 0.6 is 11.8 Å². The molecule has 184 valence electrons. The van der Waals surface area contributed by atoms with Gasteiger partial charge >= 0.3 is 0 Å². The number of nitrogens with one attached hydrogen (secondary N) is 3. The molecule has 4 N–H and O–H groups in total. The number of hydrogen-bond acceptors (Lipinski definition) is 7. The number of rotatable bonds is 11. The summed E-state index contributed by atoms with van der Waals surface area (Å²) in [5, 5.41) is 15.2. The van der Waals surface area contributed by atoms with Gasteiger partial charge in [0.05, 0.1) is 11.2 Å². The first-order valence-electron chi connectivity index (χ1n) is 11.1. The lowest BCUT2D eigenvalue weighted by Gasteiger charge is -2.19.